The molecule has 0 radical (unpaired) electrons. The summed E-state index contributed by atoms with van der Waals surface area (Å²) in [5.41, 5.74) is 0. The Labute approximate surface area is 122 Å². The lowest BCUT2D eigenvalue weighted by Gasteiger charge is -2.26. The van der Waals surface area contributed by atoms with Crippen LogP contribution in [-0.4, -0.2) is 40.8 Å². The van der Waals surface area contributed by atoms with Crippen LogP contribution in [0, 0.1) is 5.92 Å². The van der Waals surface area contributed by atoms with Gasteiger partial charge in [-0.2, -0.15) is 0 Å². The van der Waals surface area contributed by atoms with E-state index in [4.69, 9.17) is 0 Å². The van der Waals surface area contributed by atoms with Crippen molar-refractivity contribution in [3.63, 3.8) is 0 Å². The van der Waals surface area contributed by atoms with E-state index < -0.39 is 0 Å². The maximum atomic E-state index is 12.6. The standard InChI is InChI=1S/C14H19N3O2S/c1-9(13-15-5-7-20-13)8-17-6-4-11(18)16-12(14(17)19)10-2-3-10/h5,7,9-10,12H,2-4,6,8H2,1H3,(H,16,18). The summed E-state index contributed by atoms with van der Waals surface area (Å²) in [5.74, 6) is 0.649. The Kier molecular flexibility index (Phi) is 3.74. The second kappa shape index (κ2) is 5.52. The normalized spacial score (nSPS) is 25.2. The summed E-state index contributed by atoms with van der Waals surface area (Å²) >= 11 is 1.61. The molecule has 20 heavy (non-hydrogen) atoms. The third-order valence-electron chi connectivity index (χ3n) is 3.96. The van der Waals surface area contributed by atoms with Gasteiger partial charge in [0.25, 0.3) is 0 Å². The molecule has 5 nitrogen and oxygen atoms in total. The largest absolute Gasteiger partial charge is 0.344 e. The topological polar surface area (TPSA) is 62.3 Å². The Hall–Kier alpha value is -1.43. The van der Waals surface area contributed by atoms with E-state index in [-0.39, 0.29) is 23.8 Å². The zero-order chi connectivity index (χ0) is 14.1. The van der Waals surface area contributed by atoms with Crippen LogP contribution in [0.3, 0.4) is 0 Å². The van der Waals surface area contributed by atoms with Gasteiger partial charge in [0, 0.05) is 37.0 Å². The maximum absolute atomic E-state index is 12.6. The number of carbonyl (C=O) groups is 2. The van der Waals surface area contributed by atoms with E-state index in [9.17, 15) is 9.59 Å². The molecule has 0 spiro atoms. The molecule has 3 rings (SSSR count). The van der Waals surface area contributed by atoms with Gasteiger partial charge in [-0.3, -0.25) is 9.59 Å². The fourth-order valence-corrected chi connectivity index (χ4v) is 3.36. The third kappa shape index (κ3) is 2.85. The van der Waals surface area contributed by atoms with Crippen LogP contribution in [-0.2, 0) is 9.59 Å². The van der Waals surface area contributed by atoms with Gasteiger partial charge in [-0.15, -0.1) is 11.3 Å². The molecule has 0 bridgehead atoms. The Morgan fingerprint density at radius 2 is 2.30 bits per heavy atom. The smallest absolute Gasteiger partial charge is 0.245 e. The highest BCUT2D eigenvalue weighted by Crippen LogP contribution is 2.34. The fraction of sp³-hybridized carbons (Fsp3) is 0.643. The summed E-state index contributed by atoms with van der Waals surface area (Å²) in [6.07, 6.45) is 4.29. The van der Waals surface area contributed by atoms with Crippen molar-refractivity contribution in [2.75, 3.05) is 13.1 Å². The summed E-state index contributed by atoms with van der Waals surface area (Å²) in [4.78, 5) is 30.5. The predicted octanol–water partition coefficient (Wildman–Crippen LogP) is 1.37. The van der Waals surface area contributed by atoms with Crippen LogP contribution < -0.4 is 5.32 Å². The summed E-state index contributed by atoms with van der Waals surface area (Å²) in [6.45, 7) is 3.24. The number of hydrogen-bond acceptors (Lipinski definition) is 4. The molecular formula is C14H19N3O2S. The van der Waals surface area contributed by atoms with Crippen LogP contribution in [0.1, 0.15) is 37.1 Å². The van der Waals surface area contributed by atoms with Gasteiger partial charge in [0.2, 0.25) is 11.8 Å². The van der Waals surface area contributed by atoms with E-state index in [1.165, 1.54) is 0 Å². The minimum Gasteiger partial charge on any atom is -0.344 e. The minimum atomic E-state index is -0.298. The highest BCUT2D eigenvalue weighted by molar-refractivity contribution is 7.09. The number of rotatable bonds is 4. The SMILES string of the molecule is CC(CN1CCC(=O)NC(C2CC2)C1=O)c1nccs1. The van der Waals surface area contributed by atoms with Gasteiger partial charge < -0.3 is 10.2 Å². The van der Waals surface area contributed by atoms with E-state index in [0.29, 0.717) is 25.4 Å². The summed E-state index contributed by atoms with van der Waals surface area (Å²) in [5, 5.41) is 5.88. The van der Waals surface area contributed by atoms with E-state index >= 15 is 0 Å². The molecule has 1 aliphatic heterocycles. The lowest BCUT2D eigenvalue weighted by atomic mass is 10.1. The van der Waals surface area contributed by atoms with E-state index in [1.807, 2.05) is 10.3 Å². The zero-order valence-corrected chi connectivity index (χ0v) is 12.4. The summed E-state index contributed by atoms with van der Waals surface area (Å²) < 4.78 is 0. The second-order valence-electron chi connectivity index (χ2n) is 5.69. The summed E-state index contributed by atoms with van der Waals surface area (Å²) in [7, 11) is 0. The average molecular weight is 293 g/mol. The van der Waals surface area contributed by atoms with Gasteiger partial charge in [-0.05, 0) is 18.8 Å². The Bertz CT molecular complexity index is 499. The number of nitrogens with zero attached hydrogens (tertiary/aromatic N) is 2. The lowest BCUT2D eigenvalue weighted by molar-refractivity contribution is -0.134. The Morgan fingerprint density at radius 3 is 2.95 bits per heavy atom. The fourth-order valence-electron chi connectivity index (χ4n) is 2.67. The molecule has 2 unspecified atom stereocenters. The number of aromatic nitrogens is 1. The second-order valence-corrected chi connectivity index (χ2v) is 6.61. The first-order valence-corrected chi connectivity index (χ1v) is 8.00. The first-order valence-electron chi connectivity index (χ1n) is 7.12. The molecule has 1 aromatic rings. The van der Waals surface area contributed by atoms with Crippen LogP contribution in [0.2, 0.25) is 0 Å². The zero-order valence-electron chi connectivity index (χ0n) is 11.5. The molecule has 2 aliphatic rings. The first-order chi connectivity index (χ1) is 9.65. The van der Waals surface area contributed by atoms with E-state index in [1.54, 1.807) is 17.5 Å². The van der Waals surface area contributed by atoms with Crippen LogP contribution in [0.25, 0.3) is 0 Å². The first kappa shape index (κ1) is 13.5. The Morgan fingerprint density at radius 1 is 1.50 bits per heavy atom. The molecule has 2 heterocycles. The van der Waals surface area contributed by atoms with Gasteiger partial charge in [-0.1, -0.05) is 6.92 Å². The van der Waals surface area contributed by atoms with Crippen molar-refractivity contribution >= 4 is 23.2 Å². The molecule has 1 saturated heterocycles. The summed E-state index contributed by atoms with van der Waals surface area (Å²) in [6, 6.07) is -0.298. The maximum Gasteiger partial charge on any atom is 0.245 e. The van der Waals surface area contributed by atoms with Crippen molar-refractivity contribution in [1.82, 2.24) is 15.2 Å². The van der Waals surface area contributed by atoms with E-state index in [2.05, 4.69) is 17.2 Å². The van der Waals surface area contributed by atoms with Gasteiger partial charge in [0.1, 0.15) is 6.04 Å². The van der Waals surface area contributed by atoms with Crippen LogP contribution in [0.15, 0.2) is 11.6 Å². The molecule has 1 N–H and O–H groups in total. The number of nitrogens with one attached hydrogen (secondary N) is 1. The molecular weight excluding hydrogens is 274 g/mol. The van der Waals surface area contributed by atoms with Crippen molar-refractivity contribution in [1.29, 1.82) is 0 Å². The lowest BCUT2D eigenvalue weighted by Crippen LogP contribution is -2.46. The van der Waals surface area contributed by atoms with Crippen molar-refractivity contribution in [2.45, 2.75) is 38.1 Å². The monoisotopic (exact) mass is 293 g/mol. The van der Waals surface area contributed by atoms with Gasteiger partial charge in [0.05, 0.1) is 5.01 Å². The van der Waals surface area contributed by atoms with E-state index in [0.717, 1.165) is 17.8 Å². The molecule has 2 amide bonds. The predicted molar refractivity (Wildman–Crippen MR) is 76.4 cm³/mol. The Balaban J connectivity index is 1.70. The molecule has 0 aromatic carbocycles. The number of hydrogen-bond donors (Lipinski definition) is 1. The third-order valence-corrected chi connectivity index (χ3v) is 4.97. The van der Waals surface area contributed by atoms with Crippen LogP contribution >= 0.6 is 11.3 Å². The quantitative estimate of drug-likeness (QED) is 0.912. The number of amides is 2. The van der Waals surface area contributed by atoms with Gasteiger partial charge in [-0.25, -0.2) is 4.98 Å². The van der Waals surface area contributed by atoms with Gasteiger partial charge >= 0.3 is 0 Å². The molecule has 108 valence electrons. The molecule has 2 fully saturated rings. The van der Waals surface area contributed by atoms with Crippen LogP contribution in [0.5, 0.6) is 0 Å². The van der Waals surface area contributed by atoms with Crippen molar-refractivity contribution in [3.8, 4) is 0 Å². The molecule has 6 heteroatoms. The number of carbonyl (C=O) groups excluding carboxylic acids is 2. The van der Waals surface area contributed by atoms with Gasteiger partial charge in [0.15, 0.2) is 0 Å². The molecule has 1 aliphatic carbocycles. The van der Waals surface area contributed by atoms with Crippen LogP contribution in [0.4, 0.5) is 0 Å². The molecule has 1 saturated carbocycles. The number of thiazole rings is 1. The molecule has 2 atom stereocenters. The van der Waals surface area contributed by atoms with Crippen molar-refractivity contribution in [3.05, 3.63) is 16.6 Å². The average Bonchev–Trinajstić information content (AvgIpc) is 3.14. The minimum absolute atomic E-state index is 0.000323. The highest BCUT2D eigenvalue weighted by atomic mass is 32.1. The van der Waals surface area contributed by atoms with Crippen molar-refractivity contribution < 1.29 is 9.59 Å². The van der Waals surface area contributed by atoms with Crippen molar-refractivity contribution in [2.24, 2.45) is 5.92 Å². The highest BCUT2D eigenvalue weighted by Gasteiger charge is 2.41. The molecule has 1 aromatic heterocycles.